The molecule has 1 N–H and O–H groups in total. The summed E-state index contributed by atoms with van der Waals surface area (Å²) in [6, 6.07) is 4.99. The van der Waals surface area contributed by atoms with Crippen molar-refractivity contribution in [3.05, 3.63) is 38.9 Å². The van der Waals surface area contributed by atoms with E-state index in [2.05, 4.69) is 19.2 Å². The summed E-state index contributed by atoms with van der Waals surface area (Å²) in [7, 11) is 0. The molecule has 0 aliphatic rings. The molecule has 5 heteroatoms. The number of nitrogens with zero attached hydrogens (tertiary/aromatic N) is 1. The number of non-ortho nitro benzene ring substituents is 1. The van der Waals surface area contributed by atoms with Crippen molar-refractivity contribution < 1.29 is 4.92 Å². The van der Waals surface area contributed by atoms with E-state index in [0.29, 0.717) is 17.6 Å². The van der Waals surface area contributed by atoms with E-state index < -0.39 is 4.92 Å². The lowest BCUT2D eigenvalue weighted by Gasteiger charge is -2.13. The molecular weight excluding hydrogens is 240 g/mol. The molecule has 0 aromatic heterocycles. The van der Waals surface area contributed by atoms with Gasteiger partial charge in [0.2, 0.25) is 0 Å². The lowest BCUT2D eigenvalue weighted by atomic mass is 10.1. The highest BCUT2D eigenvalue weighted by Gasteiger charge is 2.09. The fourth-order valence-electron chi connectivity index (χ4n) is 1.61. The third kappa shape index (κ3) is 4.32. The first-order valence-electron chi connectivity index (χ1n) is 5.70. The number of nitro benzene ring substituents is 1. The summed E-state index contributed by atoms with van der Waals surface area (Å²) >= 11 is 5.99. The van der Waals surface area contributed by atoms with Crippen LogP contribution in [0.15, 0.2) is 18.2 Å². The molecule has 1 aromatic carbocycles. The fraction of sp³-hybridized carbons (Fsp3) is 0.500. The van der Waals surface area contributed by atoms with Crippen LogP contribution in [0.4, 0.5) is 5.69 Å². The molecule has 0 radical (unpaired) electrons. The van der Waals surface area contributed by atoms with Gasteiger partial charge in [-0.05, 0) is 25.0 Å². The quantitative estimate of drug-likeness (QED) is 0.626. The SMILES string of the molecule is CCCC(C)NCc1ccc([N+](=O)[O-])cc1Cl. The van der Waals surface area contributed by atoms with Crippen LogP contribution in [0.2, 0.25) is 5.02 Å². The first-order chi connectivity index (χ1) is 8.04. The molecule has 17 heavy (non-hydrogen) atoms. The largest absolute Gasteiger partial charge is 0.310 e. The average Bonchev–Trinajstić information content (AvgIpc) is 2.27. The van der Waals surface area contributed by atoms with Crippen molar-refractivity contribution >= 4 is 17.3 Å². The zero-order chi connectivity index (χ0) is 12.8. The van der Waals surface area contributed by atoms with Crippen molar-refractivity contribution in [3.63, 3.8) is 0 Å². The lowest BCUT2D eigenvalue weighted by Crippen LogP contribution is -2.25. The summed E-state index contributed by atoms with van der Waals surface area (Å²) in [6.45, 7) is 4.89. The Labute approximate surface area is 106 Å². The van der Waals surface area contributed by atoms with E-state index >= 15 is 0 Å². The van der Waals surface area contributed by atoms with Crippen molar-refractivity contribution in [3.8, 4) is 0 Å². The second-order valence-corrected chi connectivity index (χ2v) is 4.51. The van der Waals surface area contributed by atoms with Crippen LogP contribution >= 0.6 is 11.6 Å². The average molecular weight is 257 g/mol. The van der Waals surface area contributed by atoms with Gasteiger partial charge in [-0.3, -0.25) is 10.1 Å². The molecular formula is C12H17ClN2O2. The molecule has 1 aromatic rings. The number of nitrogens with one attached hydrogen (secondary N) is 1. The molecule has 0 heterocycles. The van der Waals surface area contributed by atoms with E-state index in [1.54, 1.807) is 6.07 Å². The summed E-state index contributed by atoms with van der Waals surface area (Å²) < 4.78 is 0. The minimum Gasteiger partial charge on any atom is -0.310 e. The predicted octanol–water partition coefficient (Wildman–Crippen LogP) is 3.53. The number of rotatable bonds is 6. The maximum Gasteiger partial charge on any atom is 0.270 e. The Morgan fingerprint density at radius 3 is 2.76 bits per heavy atom. The summed E-state index contributed by atoms with van der Waals surface area (Å²) in [5, 5.41) is 14.3. The smallest absolute Gasteiger partial charge is 0.270 e. The topological polar surface area (TPSA) is 55.2 Å². The number of nitro groups is 1. The molecule has 94 valence electrons. The van der Waals surface area contributed by atoms with Gasteiger partial charge in [0.05, 0.1) is 9.95 Å². The zero-order valence-electron chi connectivity index (χ0n) is 10.1. The molecule has 1 rings (SSSR count). The molecule has 1 atom stereocenters. The molecule has 0 saturated carbocycles. The normalized spacial score (nSPS) is 12.4. The first kappa shape index (κ1) is 13.9. The lowest BCUT2D eigenvalue weighted by molar-refractivity contribution is -0.384. The third-order valence-electron chi connectivity index (χ3n) is 2.61. The van der Waals surface area contributed by atoms with E-state index in [-0.39, 0.29) is 5.69 Å². The van der Waals surface area contributed by atoms with E-state index in [1.807, 2.05) is 0 Å². The molecule has 0 aliphatic heterocycles. The van der Waals surface area contributed by atoms with Gasteiger partial charge in [0.25, 0.3) is 5.69 Å². The third-order valence-corrected chi connectivity index (χ3v) is 2.96. The maximum atomic E-state index is 10.5. The standard InChI is InChI=1S/C12H17ClN2O2/c1-3-4-9(2)14-8-10-5-6-11(15(16)17)7-12(10)13/h5-7,9,14H,3-4,8H2,1-2H3. The number of hydrogen-bond acceptors (Lipinski definition) is 3. The van der Waals surface area contributed by atoms with Crippen LogP contribution in [0, 0.1) is 10.1 Å². The van der Waals surface area contributed by atoms with Gasteiger partial charge >= 0.3 is 0 Å². The summed E-state index contributed by atoms with van der Waals surface area (Å²) in [6.07, 6.45) is 2.23. The Balaban J connectivity index is 2.63. The Morgan fingerprint density at radius 2 is 2.24 bits per heavy atom. The van der Waals surface area contributed by atoms with Crippen molar-refractivity contribution in [2.24, 2.45) is 0 Å². The van der Waals surface area contributed by atoms with Crippen LogP contribution < -0.4 is 5.32 Å². The Morgan fingerprint density at radius 1 is 1.53 bits per heavy atom. The highest BCUT2D eigenvalue weighted by Crippen LogP contribution is 2.22. The summed E-state index contributed by atoms with van der Waals surface area (Å²) in [4.78, 5) is 10.1. The Hall–Kier alpha value is -1.13. The van der Waals surface area contributed by atoms with E-state index in [4.69, 9.17) is 11.6 Å². The highest BCUT2D eigenvalue weighted by molar-refractivity contribution is 6.31. The summed E-state index contributed by atoms with van der Waals surface area (Å²) in [5.41, 5.74) is 0.917. The minimum atomic E-state index is -0.442. The fourth-order valence-corrected chi connectivity index (χ4v) is 1.85. The van der Waals surface area contributed by atoms with Gasteiger partial charge in [0.15, 0.2) is 0 Å². The van der Waals surface area contributed by atoms with Gasteiger partial charge in [0.1, 0.15) is 0 Å². The molecule has 0 spiro atoms. The van der Waals surface area contributed by atoms with Crippen molar-refractivity contribution in [1.29, 1.82) is 0 Å². The number of halogens is 1. The zero-order valence-corrected chi connectivity index (χ0v) is 10.8. The molecule has 0 amide bonds. The van der Waals surface area contributed by atoms with Crippen LogP contribution in [0.1, 0.15) is 32.3 Å². The van der Waals surface area contributed by atoms with Crippen molar-refractivity contribution in [1.82, 2.24) is 5.32 Å². The van der Waals surface area contributed by atoms with Crippen LogP contribution in [-0.2, 0) is 6.54 Å². The molecule has 0 fully saturated rings. The summed E-state index contributed by atoms with van der Waals surface area (Å²) in [5.74, 6) is 0. The van der Waals surface area contributed by atoms with E-state index in [1.165, 1.54) is 12.1 Å². The number of hydrogen-bond donors (Lipinski definition) is 1. The molecule has 4 nitrogen and oxygen atoms in total. The van der Waals surface area contributed by atoms with Gasteiger partial charge < -0.3 is 5.32 Å². The first-order valence-corrected chi connectivity index (χ1v) is 6.08. The van der Waals surface area contributed by atoms with Gasteiger partial charge in [-0.2, -0.15) is 0 Å². The molecule has 0 bridgehead atoms. The predicted molar refractivity (Wildman–Crippen MR) is 69.3 cm³/mol. The Bertz CT molecular complexity index is 396. The minimum absolute atomic E-state index is 0.0281. The van der Waals surface area contributed by atoms with Gasteiger partial charge in [-0.1, -0.05) is 24.9 Å². The van der Waals surface area contributed by atoms with Crippen LogP contribution in [0.5, 0.6) is 0 Å². The highest BCUT2D eigenvalue weighted by atomic mass is 35.5. The van der Waals surface area contributed by atoms with Gasteiger partial charge in [0, 0.05) is 24.7 Å². The molecule has 0 aliphatic carbocycles. The van der Waals surface area contributed by atoms with Gasteiger partial charge in [-0.25, -0.2) is 0 Å². The molecule has 0 saturated heterocycles. The van der Waals surface area contributed by atoms with Crippen molar-refractivity contribution in [2.45, 2.75) is 39.3 Å². The van der Waals surface area contributed by atoms with E-state index in [9.17, 15) is 10.1 Å². The van der Waals surface area contributed by atoms with E-state index in [0.717, 1.165) is 18.4 Å². The molecule has 1 unspecified atom stereocenters. The van der Waals surface area contributed by atoms with Crippen LogP contribution in [0.3, 0.4) is 0 Å². The second kappa shape index (κ2) is 6.57. The maximum absolute atomic E-state index is 10.5. The van der Waals surface area contributed by atoms with Gasteiger partial charge in [-0.15, -0.1) is 0 Å². The Kier molecular flexibility index (Phi) is 5.38. The second-order valence-electron chi connectivity index (χ2n) is 4.10. The van der Waals surface area contributed by atoms with Crippen LogP contribution in [0.25, 0.3) is 0 Å². The number of benzene rings is 1. The van der Waals surface area contributed by atoms with Crippen LogP contribution in [-0.4, -0.2) is 11.0 Å². The monoisotopic (exact) mass is 256 g/mol. The van der Waals surface area contributed by atoms with Crippen molar-refractivity contribution in [2.75, 3.05) is 0 Å².